The lowest BCUT2D eigenvalue weighted by molar-refractivity contribution is 0.173. The van der Waals surface area contributed by atoms with Gasteiger partial charge in [-0.15, -0.1) is 0 Å². The molecule has 3 heterocycles. The second-order valence-electron chi connectivity index (χ2n) is 6.17. The van der Waals surface area contributed by atoms with Gasteiger partial charge in [-0.3, -0.25) is 9.58 Å². The lowest BCUT2D eigenvalue weighted by atomic mass is 10.2. The van der Waals surface area contributed by atoms with Gasteiger partial charge >= 0.3 is 0 Å². The molecule has 7 heteroatoms. The number of benzene rings is 1. The van der Waals surface area contributed by atoms with Gasteiger partial charge in [0.05, 0.1) is 13.2 Å². The van der Waals surface area contributed by atoms with Crippen molar-refractivity contribution in [3.8, 4) is 17.2 Å². The van der Waals surface area contributed by atoms with Crippen LogP contribution >= 0.6 is 0 Å². The second kappa shape index (κ2) is 7.09. The molecular weight excluding hydrogens is 308 g/mol. The van der Waals surface area contributed by atoms with E-state index in [0.717, 1.165) is 43.3 Å². The van der Waals surface area contributed by atoms with Crippen LogP contribution < -0.4 is 14.2 Å². The molecule has 0 bridgehead atoms. The van der Waals surface area contributed by atoms with Crippen molar-refractivity contribution in [2.24, 2.45) is 0 Å². The normalized spacial score (nSPS) is 19.8. The summed E-state index contributed by atoms with van der Waals surface area (Å²) in [5.74, 6) is 2.38. The van der Waals surface area contributed by atoms with Gasteiger partial charge in [-0.2, -0.15) is 5.10 Å². The van der Waals surface area contributed by atoms with Crippen LogP contribution in [0.3, 0.4) is 0 Å². The van der Waals surface area contributed by atoms with E-state index in [2.05, 4.69) is 15.0 Å². The fourth-order valence-corrected chi connectivity index (χ4v) is 3.36. The van der Waals surface area contributed by atoms with Gasteiger partial charge in [-0.05, 0) is 37.9 Å². The van der Waals surface area contributed by atoms with Gasteiger partial charge in [0, 0.05) is 18.7 Å². The number of hydrogen-bond donors (Lipinski definition) is 0. The molecule has 0 radical (unpaired) electrons. The maximum Gasteiger partial charge on any atom is 0.231 e. The molecule has 1 aromatic heterocycles. The Labute approximate surface area is 141 Å². The average Bonchev–Trinajstić information content (AvgIpc) is 3.34. The summed E-state index contributed by atoms with van der Waals surface area (Å²) in [6.07, 6.45) is 6.87. The highest BCUT2D eigenvalue weighted by Crippen LogP contribution is 2.35. The van der Waals surface area contributed by atoms with E-state index in [-0.39, 0.29) is 0 Å². The summed E-state index contributed by atoms with van der Waals surface area (Å²) in [7, 11) is 0. The fraction of sp³-hybridized carbons (Fsp3) is 0.529. The molecule has 0 amide bonds. The average molecular weight is 330 g/mol. The van der Waals surface area contributed by atoms with Crippen LogP contribution in [0.1, 0.15) is 19.3 Å². The van der Waals surface area contributed by atoms with Crippen molar-refractivity contribution in [3.63, 3.8) is 0 Å². The third-order valence-electron chi connectivity index (χ3n) is 4.57. The van der Waals surface area contributed by atoms with Crippen molar-refractivity contribution in [1.82, 2.24) is 19.7 Å². The Morgan fingerprint density at radius 1 is 1.25 bits per heavy atom. The molecule has 1 fully saturated rings. The van der Waals surface area contributed by atoms with Gasteiger partial charge in [0.15, 0.2) is 11.5 Å². The third-order valence-corrected chi connectivity index (χ3v) is 4.57. The fourth-order valence-electron chi connectivity index (χ4n) is 3.36. The predicted octanol–water partition coefficient (Wildman–Crippen LogP) is 1.94. The summed E-state index contributed by atoms with van der Waals surface area (Å²) in [5, 5.41) is 4.21. The Morgan fingerprint density at radius 2 is 2.21 bits per heavy atom. The zero-order valence-corrected chi connectivity index (χ0v) is 13.6. The molecule has 1 saturated heterocycles. The summed E-state index contributed by atoms with van der Waals surface area (Å²) in [4.78, 5) is 6.55. The third kappa shape index (κ3) is 3.46. The number of aromatic nitrogens is 3. The number of nitrogens with zero attached hydrogens (tertiary/aromatic N) is 4. The molecule has 0 aliphatic carbocycles. The van der Waals surface area contributed by atoms with Crippen LogP contribution in [-0.4, -0.2) is 52.2 Å². The number of likely N-dealkylation sites (tertiary alicyclic amines) is 1. The minimum absolute atomic E-state index is 0.293. The van der Waals surface area contributed by atoms with Crippen molar-refractivity contribution >= 4 is 0 Å². The summed E-state index contributed by atoms with van der Waals surface area (Å²) in [6.45, 7) is 4.11. The molecule has 7 nitrogen and oxygen atoms in total. The number of ether oxygens (including phenoxy) is 3. The molecule has 2 aromatic rings. The number of fused-ring (bicyclic) bond motifs is 1. The van der Waals surface area contributed by atoms with Gasteiger partial charge in [0.25, 0.3) is 0 Å². The molecule has 1 atom stereocenters. The molecule has 0 unspecified atom stereocenters. The van der Waals surface area contributed by atoms with Crippen molar-refractivity contribution in [2.45, 2.75) is 31.8 Å². The highest BCUT2D eigenvalue weighted by atomic mass is 16.7. The highest BCUT2D eigenvalue weighted by Gasteiger charge is 2.24. The van der Waals surface area contributed by atoms with E-state index in [4.69, 9.17) is 14.2 Å². The van der Waals surface area contributed by atoms with Gasteiger partial charge < -0.3 is 14.2 Å². The van der Waals surface area contributed by atoms with E-state index in [1.165, 1.54) is 12.8 Å². The summed E-state index contributed by atoms with van der Waals surface area (Å²) in [6, 6.07) is 6.27. The highest BCUT2D eigenvalue weighted by molar-refractivity contribution is 5.46. The Morgan fingerprint density at radius 3 is 3.12 bits per heavy atom. The first kappa shape index (κ1) is 15.3. The van der Waals surface area contributed by atoms with E-state index in [9.17, 15) is 0 Å². The quantitative estimate of drug-likeness (QED) is 0.723. The lowest BCUT2D eigenvalue weighted by Gasteiger charge is -2.24. The van der Waals surface area contributed by atoms with Crippen molar-refractivity contribution in [2.75, 3.05) is 26.5 Å². The molecule has 2 aliphatic rings. The minimum Gasteiger partial charge on any atom is -0.493 e. The molecule has 4 rings (SSSR count). The molecule has 128 valence electrons. The van der Waals surface area contributed by atoms with E-state index in [1.807, 2.05) is 22.9 Å². The molecule has 1 aromatic carbocycles. The smallest absolute Gasteiger partial charge is 0.231 e. The lowest BCUT2D eigenvalue weighted by Crippen LogP contribution is -2.34. The maximum absolute atomic E-state index is 5.84. The van der Waals surface area contributed by atoms with E-state index >= 15 is 0 Å². The number of hydrogen-bond acceptors (Lipinski definition) is 6. The zero-order chi connectivity index (χ0) is 16.2. The summed E-state index contributed by atoms with van der Waals surface area (Å²) >= 11 is 0. The zero-order valence-electron chi connectivity index (χ0n) is 13.6. The first-order valence-electron chi connectivity index (χ1n) is 8.47. The molecule has 2 aliphatic heterocycles. The van der Waals surface area contributed by atoms with E-state index in [0.29, 0.717) is 19.4 Å². The monoisotopic (exact) mass is 330 g/mol. The van der Waals surface area contributed by atoms with Crippen molar-refractivity contribution in [3.05, 3.63) is 30.9 Å². The molecule has 0 N–H and O–H groups in total. The standard InChI is InChI=1S/C17H22N4O3/c1-3-14(10-21-12-18-11-19-21)20(6-1)7-2-8-22-15-4-5-16-17(9-15)24-13-23-16/h4-5,9,11-12,14H,1-3,6-8,10,13H2/t14-/m1/s1. The van der Waals surface area contributed by atoms with E-state index < -0.39 is 0 Å². The molecular formula is C17H22N4O3. The SMILES string of the molecule is c1ncn(C[C@H]2CCCN2CCCOc2ccc3c(c2)OCO3)n1. The van der Waals surface area contributed by atoms with Gasteiger partial charge in [0.1, 0.15) is 18.4 Å². The number of rotatable bonds is 7. The van der Waals surface area contributed by atoms with Crippen LogP contribution in [0.4, 0.5) is 0 Å². The summed E-state index contributed by atoms with van der Waals surface area (Å²) in [5.41, 5.74) is 0. The van der Waals surface area contributed by atoms with Crippen molar-refractivity contribution in [1.29, 1.82) is 0 Å². The first-order chi connectivity index (χ1) is 11.9. The minimum atomic E-state index is 0.293. The van der Waals surface area contributed by atoms with Gasteiger partial charge in [-0.25, -0.2) is 4.98 Å². The maximum atomic E-state index is 5.84. The van der Waals surface area contributed by atoms with Crippen molar-refractivity contribution < 1.29 is 14.2 Å². The largest absolute Gasteiger partial charge is 0.493 e. The first-order valence-corrected chi connectivity index (χ1v) is 8.47. The van der Waals surface area contributed by atoms with Crippen LogP contribution in [-0.2, 0) is 6.54 Å². The van der Waals surface area contributed by atoms with Crippen LogP contribution in [0.15, 0.2) is 30.9 Å². The van der Waals surface area contributed by atoms with Crippen LogP contribution in [0.2, 0.25) is 0 Å². The Bertz CT molecular complexity index is 662. The second-order valence-corrected chi connectivity index (χ2v) is 6.17. The summed E-state index contributed by atoms with van der Waals surface area (Å²) < 4.78 is 18.4. The topological polar surface area (TPSA) is 61.6 Å². The van der Waals surface area contributed by atoms with E-state index in [1.54, 1.807) is 12.7 Å². The van der Waals surface area contributed by atoms with Crippen LogP contribution in [0, 0.1) is 0 Å². The Balaban J connectivity index is 1.22. The Kier molecular flexibility index (Phi) is 4.51. The Hall–Kier alpha value is -2.28. The molecule has 0 spiro atoms. The molecule has 24 heavy (non-hydrogen) atoms. The van der Waals surface area contributed by atoms with Gasteiger partial charge in [-0.1, -0.05) is 0 Å². The molecule has 0 saturated carbocycles. The predicted molar refractivity (Wildman–Crippen MR) is 87.3 cm³/mol. The van der Waals surface area contributed by atoms with Gasteiger partial charge in [0.2, 0.25) is 6.79 Å². The van der Waals surface area contributed by atoms with Crippen LogP contribution in [0.5, 0.6) is 17.2 Å². The van der Waals surface area contributed by atoms with Crippen LogP contribution in [0.25, 0.3) is 0 Å².